The van der Waals surface area contributed by atoms with Gasteiger partial charge in [-0.3, -0.25) is 4.90 Å². The molecule has 0 spiro atoms. The van der Waals surface area contributed by atoms with Crippen molar-refractivity contribution in [1.29, 1.82) is 0 Å². The minimum absolute atomic E-state index is 0.602. The van der Waals surface area contributed by atoms with Gasteiger partial charge in [-0.05, 0) is 32.9 Å². The monoisotopic (exact) mass is 250 g/mol. The molecule has 1 saturated heterocycles. The zero-order valence-electron chi connectivity index (χ0n) is 11.4. The first-order valence-electron chi connectivity index (χ1n) is 6.60. The summed E-state index contributed by atoms with van der Waals surface area (Å²) in [4.78, 5) is 11.2. The fourth-order valence-corrected chi connectivity index (χ4v) is 2.48. The van der Waals surface area contributed by atoms with Gasteiger partial charge < -0.3 is 10.1 Å². The van der Waals surface area contributed by atoms with Crippen molar-refractivity contribution in [2.75, 3.05) is 32.1 Å². The molecule has 0 amide bonds. The summed E-state index contributed by atoms with van der Waals surface area (Å²) in [5.41, 5.74) is 0.920. The van der Waals surface area contributed by atoms with Gasteiger partial charge in [0.25, 0.3) is 0 Å². The molecule has 1 atom stereocenters. The van der Waals surface area contributed by atoms with Gasteiger partial charge in [-0.25, -0.2) is 4.98 Å². The molecule has 1 N–H and O–H groups in total. The number of aromatic nitrogens is 2. The number of methoxy groups -OCH3 is 1. The van der Waals surface area contributed by atoms with Crippen LogP contribution in [0, 0.1) is 6.92 Å². The van der Waals surface area contributed by atoms with Crippen molar-refractivity contribution in [3.05, 3.63) is 11.8 Å². The van der Waals surface area contributed by atoms with E-state index in [-0.39, 0.29) is 0 Å². The minimum atomic E-state index is 0.602. The largest absolute Gasteiger partial charge is 0.481 e. The highest BCUT2D eigenvalue weighted by Gasteiger charge is 2.22. The molecule has 1 aliphatic heterocycles. The maximum atomic E-state index is 5.15. The van der Waals surface area contributed by atoms with Crippen molar-refractivity contribution in [1.82, 2.24) is 14.9 Å². The molecular formula is C13H22N4O. The lowest BCUT2D eigenvalue weighted by Gasteiger charge is -2.22. The number of anilines is 1. The first kappa shape index (κ1) is 13.1. The lowest BCUT2D eigenvalue weighted by molar-refractivity contribution is 0.276. The normalized spacial score (nSPS) is 20.1. The standard InChI is InChI=1S/C13H22N4O/c1-4-17-7-5-6-11(17)9-14-13-15-10(2)8-12(16-13)18-3/h8,11H,4-7,9H2,1-3H3,(H,14,15,16). The summed E-state index contributed by atoms with van der Waals surface area (Å²) >= 11 is 0. The van der Waals surface area contributed by atoms with E-state index >= 15 is 0 Å². The zero-order chi connectivity index (χ0) is 13.0. The summed E-state index contributed by atoms with van der Waals surface area (Å²) in [6, 6.07) is 2.43. The van der Waals surface area contributed by atoms with E-state index in [1.807, 2.05) is 13.0 Å². The van der Waals surface area contributed by atoms with Gasteiger partial charge in [0.1, 0.15) is 0 Å². The molecule has 2 rings (SSSR count). The molecule has 1 aromatic rings. The molecule has 5 heteroatoms. The quantitative estimate of drug-likeness (QED) is 0.862. The van der Waals surface area contributed by atoms with Crippen molar-refractivity contribution in [3.8, 4) is 5.88 Å². The molecule has 0 aliphatic carbocycles. The van der Waals surface area contributed by atoms with Gasteiger partial charge >= 0.3 is 0 Å². The van der Waals surface area contributed by atoms with Crippen molar-refractivity contribution >= 4 is 5.95 Å². The molecule has 1 aliphatic rings. The minimum Gasteiger partial charge on any atom is -0.481 e. The maximum Gasteiger partial charge on any atom is 0.226 e. The molecule has 0 saturated carbocycles. The molecule has 0 bridgehead atoms. The fourth-order valence-electron chi connectivity index (χ4n) is 2.48. The molecular weight excluding hydrogens is 228 g/mol. The van der Waals surface area contributed by atoms with Crippen LogP contribution in [0.2, 0.25) is 0 Å². The van der Waals surface area contributed by atoms with E-state index in [1.54, 1.807) is 7.11 Å². The van der Waals surface area contributed by atoms with Gasteiger partial charge in [0.2, 0.25) is 11.8 Å². The SMILES string of the molecule is CCN1CCCC1CNc1nc(C)cc(OC)n1. The topological polar surface area (TPSA) is 50.3 Å². The maximum absolute atomic E-state index is 5.15. The van der Waals surface area contributed by atoms with Gasteiger partial charge in [0, 0.05) is 24.3 Å². The fraction of sp³-hybridized carbons (Fsp3) is 0.692. The summed E-state index contributed by atoms with van der Waals surface area (Å²) in [7, 11) is 1.63. The second kappa shape index (κ2) is 6.00. The van der Waals surface area contributed by atoms with Gasteiger partial charge in [-0.15, -0.1) is 0 Å². The van der Waals surface area contributed by atoms with Crippen LogP contribution in [0.4, 0.5) is 5.95 Å². The average Bonchev–Trinajstić information content (AvgIpc) is 2.83. The number of ether oxygens (including phenoxy) is 1. The van der Waals surface area contributed by atoms with Crippen LogP contribution in [0.15, 0.2) is 6.07 Å². The highest BCUT2D eigenvalue weighted by molar-refractivity contribution is 5.30. The summed E-state index contributed by atoms with van der Waals surface area (Å²) in [5, 5.41) is 3.32. The van der Waals surface area contributed by atoms with Crippen LogP contribution in [-0.4, -0.2) is 47.7 Å². The molecule has 18 heavy (non-hydrogen) atoms. The number of likely N-dealkylation sites (N-methyl/N-ethyl adjacent to an activating group) is 1. The predicted molar refractivity (Wildman–Crippen MR) is 72.1 cm³/mol. The van der Waals surface area contributed by atoms with Gasteiger partial charge in [0.15, 0.2) is 0 Å². The van der Waals surface area contributed by atoms with Gasteiger partial charge in [-0.2, -0.15) is 4.98 Å². The van der Waals surface area contributed by atoms with E-state index in [1.165, 1.54) is 19.4 Å². The number of aryl methyl sites for hydroxylation is 1. The van der Waals surface area contributed by atoms with Crippen LogP contribution < -0.4 is 10.1 Å². The molecule has 1 fully saturated rings. The number of hydrogen-bond acceptors (Lipinski definition) is 5. The summed E-state index contributed by atoms with van der Waals surface area (Å²) < 4.78 is 5.15. The molecule has 1 aromatic heterocycles. The highest BCUT2D eigenvalue weighted by atomic mass is 16.5. The van der Waals surface area contributed by atoms with Crippen LogP contribution in [0.3, 0.4) is 0 Å². The number of hydrogen-bond donors (Lipinski definition) is 1. The molecule has 2 heterocycles. The smallest absolute Gasteiger partial charge is 0.226 e. The number of nitrogens with one attached hydrogen (secondary N) is 1. The van der Waals surface area contributed by atoms with Crippen molar-refractivity contribution < 1.29 is 4.74 Å². The van der Waals surface area contributed by atoms with Crippen LogP contribution in [0.5, 0.6) is 5.88 Å². The zero-order valence-corrected chi connectivity index (χ0v) is 11.4. The second-order valence-electron chi connectivity index (χ2n) is 4.68. The Labute approximate surface area is 109 Å². The highest BCUT2D eigenvalue weighted by Crippen LogP contribution is 2.17. The Bertz CT molecular complexity index is 397. The molecule has 1 unspecified atom stereocenters. The molecule has 100 valence electrons. The lowest BCUT2D eigenvalue weighted by atomic mass is 10.2. The molecule has 0 aromatic carbocycles. The molecule has 5 nitrogen and oxygen atoms in total. The third-order valence-electron chi connectivity index (χ3n) is 3.44. The third-order valence-corrected chi connectivity index (χ3v) is 3.44. The van der Waals surface area contributed by atoms with Crippen molar-refractivity contribution in [2.24, 2.45) is 0 Å². The first-order chi connectivity index (χ1) is 8.72. The van der Waals surface area contributed by atoms with Crippen molar-refractivity contribution in [2.45, 2.75) is 32.7 Å². The van der Waals surface area contributed by atoms with Crippen LogP contribution in [0.25, 0.3) is 0 Å². The summed E-state index contributed by atoms with van der Waals surface area (Å²) in [5.74, 6) is 1.28. The number of nitrogens with zero attached hydrogens (tertiary/aromatic N) is 3. The summed E-state index contributed by atoms with van der Waals surface area (Å²) in [6.07, 6.45) is 2.54. The van der Waals surface area contributed by atoms with Gasteiger partial charge in [-0.1, -0.05) is 6.92 Å². The molecule has 0 radical (unpaired) electrons. The van der Waals surface area contributed by atoms with E-state index in [0.717, 1.165) is 18.8 Å². The van der Waals surface area contributed by atoms with Gasteiger partial charge in [0.05, 0.1) is 7.11 Å². The van der Waals surface area contributed by atoms with E-state index in [0.29, 0.717) is 17.9 Å². The van der Waals surface area contributed by atoms with E-state index < -0.39 is 0 Å². The number of likely N-dealkylation sites (tertiary alicyclic amines) is 1. The lowest BCUT2D eigenvalue weighted by Crippen LogP contribution is -2.34. The van der Waals surface area contributed by atoms with Crippen LogP contribution >= 0.6 is 0 Å². The third kappa shape index (κ3) is 3.10. The van der Waals surface area contributed by atoms with Crippen LogP contribution in [0.1, 0.15) is 25.5 Å². The first-order valence-corrected chi connectivity index (χ1v) is 6.60. The Balaban J connectivity index is 1.95. The summed E-state index contributed by atoms with van der Waals surface area (Å²) in [6.45, 7) is 7.39. The Morgan fingerprint density at radius 3 is 3.06 bits per heavy atom. The Morgan fingerprint density at radius 1 is 1.50 bits per heavy atom. The van der Waals surface area contributed by atoms with E-state index in [4.69, 9.17) is 4.74 Å². The second-order valence-corrected chi connectivity index (χ2v) is 4.68. The Hall–Kier alpha value is -1.36. The Kier molecular flexibility index (Phi) is 4.36. The number of rotatable bonds is 5. The van der Waals surface area contributed by atoms with Crippen LogP contribution in [-0.2, 0) is 0 Å². The van der Waals surface area contributed by atoms with E-state index in [9.17, 15) is 0 Å². The Morgan fingerprint density at radius 2 is 2.33 bits per heavy atom. The predicted octanol–water partition coefficient (Wildman–Crippen LogP) is 1.69. The van der Waals surface area contributed by atoms with Crippen molar-refractivity contribution in [3.63, 3.8) is 0 Å². The van der Waals surface area contributed by atoms with E-state index in [2.05, 4.69) is 27.1 Å². The average molecular weight is 250 g/mol.